The molecule has 0 bridgehead atoms. The summed E-state index contributed by atoms with van der Waals surface area (Å²) in [5.41, 5.74) is 6.01. The highest BCUT2D eigenvalue weighted by molar-refractivity contribution is 7.13. The van der Waals surface area contributed by atoms with E-state index in [0.29, 0.717) is 19.0 Å². The Morgan fingerprint density at radius 1 is 1.42 bits per heavy atom. The minimum atomic E-state index is -0.469. The molecule has 0 aromatic carbocycles. The van der Waals surface area contributed by atoms with Gasteiger partial charge in [-0.25, -0.2) is 4.98 Å². The predicted molar refractivity (Wildman–Crippen MR) is 91.3 cm³/mol. The van der Waals surface area contributed by atoms with Crippen molar-refractivity contribution in [2.45, 2.75) is 6.54 Å². The number of guanidine groups is 1. The minimum Gasteiger partial charge on any atom is -0.370 e. The number of nitro groups is 1. The summed E-state index contributed by atoms with van der Waals surface area (Å²) in [6, 6.07) is 0. The van der Waals surface area contributed by atoms with Gasteiger partial charge in [-0.05, 0) is 0 Å². The van der Waals surface area contributed by atoms with Gasteiger partial charge in [0.25, 0.3) is 0 Å². The maximum Gasteiger partial charge on any atom is 0.306 e. The summed E-state index contributed by atoms with van der Waals surface area (Å²) >= 11 is 1.63. The Balaban J connectivity index is 1.47. The van der Waals surface area contributed by atoms with Crippen LogP contribution in [0.15, 0.2) is 29.0 Å². The van der Waals surface area contributed by atoms with Crippen LogP contribution >= 0.6 is 11.3 Å². The van der Waals surface area contributed by atoms with Crippen molar-refractivity contribution >= 4 is 28.1 Å². The smallest absolute Gasteiger partial charge is 0.306 e. The van der Waals surface area contributed by atoms with E-state index in [0.717, 1.165) is 31.3 Å². The number of aliphatic imine (C=N–C) groups is 1. The fraction of sp³-hybridized carbons (Fsp3) is 0.462. The van der Waals surface area contributed by atoms with Crippen LogP contribution in [0.3, 0.4) is 0 Å². The van der Waals surface area contributed by atoms with Crippen molar-refractivity contribution in [1.29, 1.82) is 0 Å². The molecule has 0 atom stereocenters. The Morgan fingerprint density at radius 2 is 2.21 bits per heavy atom. The topological polar surface area (TPSA) is 119 Å². The van der Waals surface area contributed by atoms with Crippen LogP contribution in [0.1, 0.15) is 0 Å². The summed E-state index contributed by atoms with van der Waals surface area (Å²) in [7, 11) is 0. The molecule has 1 fully saturated rings. The maximum absolute atomic E-state index is 10.6. The van der Waals surface area contributed by atoms with E-state index in [1.807, 2.05) is 16.5 Å². The zero-order chi connectivity index (χ0) is 16.9. The van der Waals surface area contributed by atoms with Crippen LogP contribution in [0.5, 0.6) is 0 Å². The second-order valence-corrected chi connectivity index (χ2v) is 6.12. The number of rotatable bonds is 5. The van der Waals surface area contributed by atoms with Gasteiger partial charge >= 0.3 is 5.69 Å². The molecule has 1 saturated heterocycles. The molecule has 2 aromatic heterocycles. The van der Waals surface area contributed by atoms with E-state index < -0.39 is 4.92 Å². The summed E-state index contributed by atoms with van der Waals surface area (Å²) in [4.78, 5) is 23.1. The maximum atomic E-state index is 10.6. The first kappa shape index (κ1) is 16.2. The number of aromatic nitrogens is 3. The lowest BCUT2D eigenvalue weighted by molar-refractivity contribution is -0.385. The van der Waals surface area contributed by atoms with Crippen LogP contribution in [0, 0.1) is 10.1 Å². The van der Waals surface area contributed by atoms with Crippen LogP contribution in [0.2, 0.25) is 0 Å². The van der Waals surface area contributed by atoms with Gasteiger partial charge in [0, 0.05) is 37.8 Å². The van der Waals surface area contributed by atoms with E-state index in [1.165, 1.54) is 17.1 Å². The van der Waals surface area contributed by atoms with Crippen molar-refractivity contribution in [2.24, 2.45) is 10.7 Å². The highest BCUT2D eigenvalue weighted by atomic mass is 32.1. The first-order valence-electron chi connectivity index (χ1n) is 7.49. The lowest BCUT2D eigenvalue weighted by Gasteiger charge is -2.35. The first-order valence-corrected chi connectivity index (χ1v) is 8.37. The van der Waals surface area contributed by atoms with Crippen molar-refractivity contribution < 1.29 is 4.92 Å². The SMILES string of the molecule is NC(=NCCn1cc([N+](=O)[O-])cn1)N1CCN(c2nccs2)CC1. The van der Waals surface area contributed by atoms with Gasteiger partial charge in [-0.2, -0.15) is 5.10 Å². The van der Waals surface area contributed by atoms with Crippen molar-refractivity contribution in [2.75, 3.05) is 37.6 Å². The highest BCUT2D eigenvalue weighted by Crippen LogP contribution is 2.18. The molecule has 1 aliphatic rings. The number of hydrogen-bond acceptors (Lipinski definition) is 7. The van der Waals surface area contributed by atoms with E-state index in [-0.39, 0.29) is 5.69 Å². The molecule has 3 rings (SSSR count). The van der Waals surface area contributed by atoms with Crippen molar-refractivity contribution in [3.63, 3.8) is 0 Å². The molecule has 128 valence electrons. The molecule has 0 amide bonds. The Bertz CT molecular complexity index is 705. The van der Waals surface area contributed by atoms with Crippen molar-refractivity contribution in [3.05, 3.63) is 34.1 Å². The van der Waals surface area contributed by atoms with Gasteiger partial charge in [-0.15, -0.1) is 11.3 Å². The molecule has 0 aliphatic carbocycles. The average molecular weight is 350 g/mol. The number of thiazole rings is 1. The molecule has 24 heavy (non-hydrogen) atoms. The van der Waals surface area contributed by atoms with E-state index in [2.05, 4.69) is 20.0 Å². The van der Waals surface area contributed by atoms with E-state index >= 15 is 0 Å². The number of piperazine rings is 1. The molecule has 0 spiro atoms. The van der Waals surface area contributed by atoms with Gasteiger partial charge in [-0.3, -0.25) is 19.8 Å². The van der Waals surface area contributed by atoms with Crippen molar-refractivity contribution in [3.8, 4) is 0 Å². The van der Waals surface area contributed by atoms with Crippen LogP contribution in [-0.4, -0.2) is 63.3 Å². The normalized spacial score (nSPS) is 15.8. The standard InChI is InChI=1S/C13H18N8O2S/c14-12(15-1-3-20-10-11(9-17-20)21(22)23)18-4-6-19(7-5-18)13-16-2-8-24-13/h2,8-10H,1,3-7H2,(H2,14,15). The van der Waals surface area contributed by atoms with Crippen LogP contribution in [0.25, 0.3) is 0 Å². The predicted octanol–water partition coefficient (Wildman–Crippen LogP) is 0.385. The number of nitrogens with two attached hydrogens (primary N) is 1. The van der Waals surface area contributed by atoms with Crippen LogP contribution in [0.4, 0.5) is 10.8 Å². The number of hydrogen-bond donors (Lipinski definition) is 1. The molecule has 1 aliphatic heterocycles. The molecule has 3 heterocycles. The second kappa shape index (κ2) is 7.25. The molecular formula is C13H18N8O2S. The summed E-state index contributed by atoms with van der Waals surface area (Å²) in [6.07, 6.45) is 4.42. The molecule has 2 N–H and O–H groups in total. The zero-order valence-corrected chi connectivity index (χ0v) is 13.8. The lowest BCUT2D eigenvalue weighted by atomic mass is 10.3. The monoisotopic (exact) mass is 350 g/mol. The van der Waals surface area contributed by atoms with Gasteiger partial charge in [0.05, 0.1) is 18.0 Å². The summed E-state index contributed by atoms with van der Waals surface area (Å²) in [5, 5.41) is 17.5. The van der Waals surface area contributed by atoms with Crippen LogP contribution < -0.4 is 10.6 Å². The summed E-state index contributed by atoms with van der Waals surface area (Å²) < 4.78 is 1.50. The largest absolute Gasteiger partial charge is 0.370 e. The van der Waals surface area contributed by atoms with Gasteiger partial charge in [0.15, 0.2) is 11.1 Å². The van der Waals surface area contributed by atoms with Gasteiger partial charge in [0.1, 0.15) is 12.4 Å². The molecule has 0 radical (unpaired) electrons. The Labute approximate surface area is 142 Å². The third kappa shape index (κ3) is 3.79. The molecule has 0 unspecified atom stereocenters. The number of anilines is 1. The minimum absolute atomic E-state index is 0.0229. The Hall–Kier alpha value is -2.69. The molecule has 10 nitrogen and oxygen atoms in total. The second-order valence-electron chi connectivity index (χ2n) is 5.25. The van der Waals surface area contributed by atoms with Gasteiger partial charge in [0.2, 0.25) is 0 Å². The average Bonchev–Trinajstić information content (AvgIpc) is 3.27. The Kier molecular flexibility index (Phi) is 4.89. The molecule has 2 aromatic rings. The number of nitrogens with zero attached hydrogens (tertiary/aromatic N) is 7. The zero-order valence-electron chi connectivity index (χ0n) is 13.0. The first-order chi connectivity index (χ1) is 11.6. The molecule has 11 heteroatoms. The fourth-order valence-electron chi connectivity index (χ4n) is 2.44. The van der Waals surface area contributed by atoms with E-state index in [1.54, 1.807) is 11.3 Å². The van der Waals surface area contributed by atoms with Gasteiger partial charge in [-0.1, -0.05) is 0 Å². The quantitative estimate of drug-likeness (QED) is 0.358. The highest BCUT2D eigenvalue weighted by Gasteiger charge is 2.19. The van der Waals surface area contributed by atoms with E-state index in [4.69, 9.17) is 5.73 Å². The lowest BCUT2D eigenvalue weighted by Crippen LogP contribution is -2.51. The van der Waals surface area contributed by atoms with Gasteiger partial charge < -0.3 is 15.5 Å². The van der Waals surface area contributed by atoms with Crippen molar-refractivity contribution in [1.82, 2.24) is 19.7 Å². The third-order valence-electron chi connectivity index (χ3n) is 3.73. The fourth-order valence-corrected chi connectivity index (χ4v) is 3.13. The third-order valence-corrected chi connectivity index (χ3v) is 4.56. The molecule has 0 saturated carbocycles. The Morgan fingerprint density at radius 3 is 2.83 bits per heavy atom. The summed E-state index contributed by atoms with van der Waals surface area (Å²) in [5.74, 6) is 0.496. The van der Waals surface area contributed by atoms with E-state index in [9.17, 15) is 10.1 Å². The van der Waals surface area contributed by atoms with Crippen LogP contribution in [-0.2, 0) is 6.54 Å². The summed E-state index contributed by atoms with van der Waals surface area (Å²) in [6.45, 7) is 4.18. The molecular weight excluding hydrogens is 332 g/mol.